The third-order valence-electron chi connectivity index (χ3n) is 1.99. The van der Waals surface area contributed by atoms with Crippen LogP contribution in [0.25, 0.3) is 0 Å². The first-order chi connectivity index (χ1) is 5.86. The quantitative estimate of drug-likeness (QED) is 0.621. The Morgan fingerprint density at radius 2 is 2.42 bits per heavy atom. The first-order valence-corrected chi connectivity index (χ1v) is 3.90. The second-order valence-electron chi connectivity index (χ2n) is 2.84. The van der Waals surface area contributed by atoms with Crippen LogP contribution in [0.2, 0.25) is 0 Å². The Morgan fingerprint density at radius 3 is 2.92 bits per heavy atom. The fourth-order valence-electron chi connectivity index (χ4n) is 1.06. The fourth-order valence-corrected chi connectivity index (χ4v) is 1.06. The number of rotatable bonds is 2. The molecule has 0 radical (unpaired) electrons. The molecule has 1 aliphatic rings. The van der Waals surface area contributed by atoms with Gasteiger partial charge in [-0.3, -0.25) is 4.79 Å². The minimum Gasteiger partial charge on any atom is -0.346 e. The Kier molecular flexibility index (Phi) is 1.73. The summed E-state index contributed by atoms with van der Waals surface area (Å²) in [6.07, 6.45) is 3.31. The van der Waals surface area contributed by atoms with E-state index in [1.807, 2.05) is 0 Å². The van der Waals surface area contributed by atoms with Gasteiger partial charge in [0.1, 0.15) is 0 Å². The second-order valence-corrected chi connectivity index (χ2v) is 2.84. The van der Waals surface area contributed by atoms with Crippen molar-refractivity contribution in [2.75, 3.05) is 0 Å². The van der Waals surface area contributed by atoms with E-state index in [4.69, 9.17) is 0 Å². The topological polar surface area (TPSA) is 83.6 Å². The molecule has 1 saturated carbocycles. The Labute approximate surface area is 68.7 Å². The predicted octanol–water partition coefficient (Wildman–Crippen LogP) is -0.518. The lowest BCUT2D eigenvalue weighted by Gasteiger charge is -2.25. The van der Waals surface area contributed by atoms with Gasteiger partial charge < -0.3 is 5.32 Å². The molecule has 1 fully saturated rings. The molecule has 2 N–H and O–H groups in total. The monoisotopic (exact) mass is 167 g/mol. The first-order valence-electron chi connectivity index (χ1n) is 3.90. The van der Waals surface area contributed by atoms with Gasteiger partial charge in [0.2, 0.25) is 0 Å². The Morgan fingerprint density at radius 1 is 1.58 bits per heavy atom. The summed E-state index contributed by atoms with van der Waals surface area (Å²) in [6.45, 7) is 0. The maximum Gasteiger partial charge on any atom is 0.293 e. The Bertz CT molecular complexity index is 265. The van der Waals surface area contributed by atoms with E-state index in [9.17, 15) is 4.79 Å². The number of nitrogens with one attached hydrogen (secondary N) is 2. The molecule has 6 heteroatoms. The van der Waals surface area contributed by atoms with Crippen molar-refractivity contribution in [2.45, 2.75) is 25.3 Å². The molecule has 1 heterocycles. The smallest absolute Gasteiger partial charge is 0.293 e. The maximum absolute atomic E-state index is 11.2. The normalized spacial score (nSPS) is 17.0. The maximum atomic E-state index is 11.2. The van der Waals surface area contributed by atoms with Crippen LogP contribution in [0.4, 0.5) is 0 Å². The van der Waals surface area contributed by atoms with Crippen molar-refractivity contribution in [1.29, 1.82) is 0 Å². The van der Waals surface area contributed by atoms with Gasteiger partial charge in [-0.1, -0.05) is 0 Å². The van der Waals surface area contributed by atoms with E-state index in [0.717, 1.165) is 12.8 Å². The summed E-state index contributed by atoms with van der Waals surface area (Å²) in [5.74, 6) is -0.129. The van der Waals surface area contributed by atoms with E-state index in [-0.39, 0.29) is 11.7 Å². The van der Waals surface area contributed by atoms with Crippen molar-refractivity contribution < 1.29 is 4.79 Å². The number of nitrogens with zero attached hydrogens (tertiary/aromatic N) is 3. The van der Waals surface area contributed by atoms with Gasteiger partial charge in [-0.25, -0.2) is 0 Å². The number of aromatic amines is 1. The van der Waals surface area contributed by atoms with E-state index in [2.05, 4.69) is 25.9 Å². The molecule has 6 nitrogen and oxygen atoms in total. The van der Waals surface area contributed by atoms with Crippen molar-refractivity contribution in [3.05, 3.63) is 5.82 Å². The zero-order chi connectivity index (χ0) is 8.39. The number of carbonyl (C=O) groups is 1. The highest BCUT2D eigenvalue weighted by molar-refractivity contribution is 5.90. The molecule has 0 aliphatic heterocycles. The first kappa shape index (κ1) is 7.20. The molecule has 1 aromatic heterocycles. The van der Waals surface area contributed by atoms with Crippen LogP contribution >= 0.6 is 0 Å². The lowest BCUT2D eigenvalue weighted by Crippen LogP contribution is -2.39. The van der Waals surface area contributed by atoms with Crippen molar-refractivity contribution in [1.82, 2.24) is 25.9 Å². The van der Waals surface area contributed by atoms with E-state index < -0.39 is 0 Å². The van der Waals surface area contributed by atoms with Crippen LogP contribution < -0.4 is 5.32 Å². The highest BCUT2D eigenvalue weighted by atomic mass is 16.2. The van der Waals surface area contributed by atoms with Crippen LogP contribution in [0.15, 0.2) is 0 Å². The number of H-pyrrole nitrogens is 1. The van der Waals surface area contributed by atoms with Crippen molar-refractivity contribution in [2.24, 2.45) is 0 Å². The third-order valence-corrected chi connectivity index (χ3v) is 1.99. The van der Waals surface area contributed by atoms with E-state index in [1.165, 1.54) is 6.42 Å². The van der Waals surface area contributed by atoms with Gasteiger partial charge in [0.05, 0.1) is 0 Å². The molecule has 0 atom stereocenters. The molecule has 0 unspecified atom stereocenters. The van der Waals surface area contributed by atoms with E-state index in [1.54, 1.807) is 0 Å². The Hall–Kier alpha value is -1.46. The molecule has 1 amide bonds. The van der Waals surface area contributed by atoms with Crippen LogP contribution in [0.3, 0.4) is 0 Å². The summed E-state index contributed by atoms with van der Waals surface area (Å²) in [6, 6.07) is 0.316. The Balaban J connectivity index is 1.92. The van der Waals surface area contributed by atoms with Gasteiger partial charge in [0.25, 0.3) is 11.7 Å². The lowest BCUT2D eigenvalue weighted by atomic mass is 9.93. The standard InChI is InChI=1S/C6H9N5O/c12-6(5-8-10-11-9-5)7-4-2-1-3-4/h4H,1-3H2,(H,7,12)(H,8,9,10,11). The third kappa shape index (κ3) is 1.27. The fraction of sp³-hybridized carbons (Fsp3) is 0.667. The minimum absolute atomic E-state index is 0.113. The average molecular weight is 167 g/mol. The SMILES string of the molecule is O=C(NC1CCC1)c1nn[nH]n1. The van der Waals surface area contributed by atoms with E-state index in [0.29, 0.717) is 6.04 Å². The number of hydrogen-bond donors (Lipinski definition) is 2. The zero-order valence-corrected chi connectivity index (χ0v) is 6.45. The molecule has 12 heavy (non-hydrogen) atoms. The average Bonchev–Trinajstić information content (AvgIpc) is 2.47. The molecule has 0 spiro atoms. The number of carbonyl (C=O) groups excluding carboxylic acids is 1. The van der Waals surface area contributed by atoms with Crippen molar-refractivity contribution in [3.8, 4) is 0 Å². The molecular weight excluding hydrogens is 158 g/mol. The van der Waals surface area contributed by atoms with Crippen LogP contribution in [-0.4, -0.2) is 32.6 Å². The van der Waals surface area contributed by atoms with Crippen LogP contribution in [0.1, 0.15) is 29.9 Å². The largest absolute Gasteiger partial charge is 0.346 e. The summed E-state index contributed by atoms with van der Waals surface area (Å²) < 4.78 is 0. The van der Waals surface area contributed by atoms with Gasteiger partial charge >= 0.3 is 0 Å². The molecule has 1 aromatic rings. The highest BCUT2D eigenvalue weighted by Gasteiger charge is 2.21. The van der Waals surface area contributed by atoms with Crippen LogP contribution in [-0.2, 0) is 0 Å². The number of hydrogen-bond acceptors (Lipinski definition) is 4. The van der Waals surface area contributed by atoms with Gasteiger partial charge in [0.15, 0.2) is 0 Å². The lowest BCUT2D eigenvalue weighted by molar-refractivity contribution is 0.0906. The van der Waals surface area contributed by atoms with Gasteiger partial charge in [-0.05, 0) is 24.5 Å². The molecule has 2 rings (SSSR count). The van der Waals surface area contributed by atoms with E-state index >= 15 is 0 Å². The zero-order valence-electron chi connectivity index (χ0n) is 6.45. The van der Waals surface area contributed by atoms with Crippen LogP contribution in [0, 0.1) is 0 Å². The number of aromatic nitrogens is 4. The molecule has 0 aromatic carbocycles. The minimum atomic E-state index is -0.242. The predicted molar refractivity (Wildman–Crippen MR) is 39.3 cm³/mol. The van der Waals surface area contributed by atoms with Crippen molar-refractivity contribution in [3.63, 3.8) is 0 Å². The summed E-state index contributed by atoms with van der Waals surface area (Å²) in [7, 11) is 0. The molecule has 64 valence electrons. The summed E-state index contributed by atoms with van der Waals surface area (Å²) in [4.78, 5) is 11.2. The summed E-state index contributed by atoms with van der Waals surface area (Å²) in [5.41, 5.74) is 0. The van der Waals surface area contributed by atoms with Crippen molar-refractivity contribution >= 4 is 5.91 Å². The molecule has 0 saturated heterocycles. The summed E-state index contributed by atoms with van der Waals surface area (Å²) in [5, 5.41) is 15.5. The van der Waals surface area contributed by atoms with Gasteiger partial charge in [-0.15, -0.1) is 10.2 Å². The number of amides is 1. The van der Waals surface area contributed by atoms with Crippen LogP contribution in [0.5, 0.6) is 0 Å². The highest BCUT2D eigenvalue weighted by Crippen LogP contribution is 2.17. The van der Waals surface area contributed by atoms with Gasteiger partial charge in [-0.2, -0.15) is 5.21 Å². The molecular formula is C6H9N5O. The molecule has 1 aliphatic carbocycles. The number of tetrazole rings is 1. The molecule has 0 bridgehead atoms. The van der Waals surface area contributed by atoms with Gasteiger partial charge in [0, 0.05) is 6.04 Å². The summed E-state index contributed by atoms with van der Waals surface area (Å²) >= 11 is 0. The second kappa shape index (κ2) is 2.88.